The molecule has 0 saturated carbocycles. The van der Waals surface area contributed by atoms with E-state index in [0.29, 0.717) is 0 Å². The zero-order chi connectivity index (χ0) is 20.5. The number of fused-ring (bicyclic) bond motifs is 1. The van der Waals surface area contributed by atoms with Crippen molar-refractivity contribution in [1.82, 2.24) is 4.98 Å². The zero-order valence-corrected chi connectivity index (χ0v) is 17.5. The number of hydrogen-bond acceptors (Lipinski definition) is 1. The summed E-state index contributed by atoms with van der Waals surface area (Å²) in [4.78, 5) is 5.15. The second kappa shape index (κ2) is 7.76. The van der Waals surface area contributed by atoms with E-state index >= 15 is 0 Å². The number of benzene rings is 3. The van der Waals surface area contributed by atoms with Gasteiger partial charge in [0.15, 0.2) is 0 Å². The van der Waals surface area contributed by atoms with Crippen molar-refractivity contribution in [2.24, 2.45) is 0 Å². The van der Waals surface area contributed by atoms with E-state index < -0.39 is 0 Å². The van der Waals surface area contributed by atoms with E-state index in [0.717, 1.165) is 29.8 Å². The van der Waals surface area contributed by atoms with Crippen LogP contribution >= 0.6 is 0 Å². The SMILES string of the molecule is Cc1ccc(/C=C2\CCc3c(-c4ccc(C)cc4)cc(-c4ccccc4)nc32)cc1. The number of nitrogens with zero attached hydrogens (tertiary/aromatic N) is 1. The standard InChI is InChI=1S/C29H25N/c1-20-8-12-22(13-9-20)18-25-16-17-26-27(23-14-10-21(2)11-15-23)19-28(30-29(25)26)24-6-4-3-5-7-24/h3-15,18-19H,16-17H2,1-2H3/b25-18+. The van der Waals surface area contributed by atoms with Gasteiger partial charge in [-0.15, -0.1) is 0 Å². The van der Waals surface area contributed by atoms with Crippen molar-refractivity contribution in [1.29, 1.82) is 0 Å². The van der Waals surface area contributed by atoms with Gasteiger partial charge in [0.25, 0.3) is 0 Å². The molecule has 5 rings (SSSR count). The minimum atomic E-state index is 1.04. The van der Waals surface area contributed by atoms with Crippen molar-refractivity contribution in [3.05, 3.63) is 113 Å². The van der Waals surface area contributed by atoms with Gasteiger partial charge in [-0.25, -0.2) is 4.98 Å². The molecule has 0 N–H and O–H groups in total. The average Bonchev–Trinajstić information content (AvgIpc) is 3.18. The number of pyridine rings is 1. The molecule has 1 heteroatoms. The predicted molar refractivity (Wildman–Crippen MR) is 127 cm³/mol. The van der Waals surface area contributed by atoms with Crippen LogP contribution in [0.1, 0.15) is 34.4 Å². The molecule has 1 aromatic heterocycles. The topological polar surface area (TPSA) is 12.9 Å². The molecule has 0 fully saturated rings. The van der Waals surface area contributed by atoms with E-state index in [1.165, 1.54) is 39.0 Å². The average molecular weight is 388 g/mol. The van der Waals surface area contributed by atoms with Crippen molar-refractivity contribution in [2.75, 3.05) is 0 Å². The van der Waals surface area contributed by atoms with Crippen LogP contribution in [-0.4, -0.2) is 4.98 Å². The second-order valence-electron chi connectivity index (χ2n) is 8.19. The molecule has 0 unspecified atom stereocenters. The van der Waals surface area contributed by atoms with Crippen molar-refractivity contribution in [2.45, 2.75) is 26.7 Å². The zero-order valence-electron chi connectivity index (χ0n) is 17.5. The third-order valence-corrected chi connectivity index (χ3v) is 5.92. The van der Waals surface area contributed by atoms with Gasteiger partial charge in [-0.2, -0.15) is 0 Å². The van der Waals surface area contributed by atoms with Crippen LogP contribution in [0.3, 0.4) is 0 Å². The maximum Gasteiger partial charge on any atom is 0.0715 e. The van der Waals surface area contributed by atoms with E-state index in [2.05, 4.69) is 105 Å². The van der Waals surface area contributed by atoms with Crippen molar-refractivity contribution < 1.29 is 0 Å². The molecule has 3 aromatic carbocycles. The highest BCUT2D eigenvalue weighted by Crippen LogP contribution is 2.40. The van der Waals surface area contributed by atoms with Crippen molar-refractivity contribution in [3.63, 3.8) is 0 Å². The van der Waals surface area contributed by atoms with Gasteiger partial charge in [-0.3, -0.25) is 0 Å². The molecule has 0 aliphatic heterocycles. The summed E-state index contributed by atoms with van der Waals surface area (Å²) < 4.78 is 0. The number of rotatable bonds is 3. The maximum atomic E-state index is 5.15. The third kappa shape index (κ3) is 3.59. The van der Waals surface area contributed by atoms with Gasteiger partial charge in [0.05, 0.1) is 11.4 Å². The fourth-order valence-corrected chi connectivity index (χ4v) is 4.22. The quantitative estimate of drug-likeness (QED) is 0.354. The summed E-state index contributed by atoms with van der Waals surface area (Å²) in [5, 5.41) is 0. The Morgan fingerprint density at radius 2 is 1.37 bits per heavy atom. The van der Waals surface area contributed by atoms with E-state index in [-0.39, 0.29) is 0 Å². The highest BCUT2D eigenvalue weighted by molar-refractivity contribution is 5.89. The minimum absolute atomic E-state index is 1.04. The van der Waals surface area contributed by atoms with Gasteiger partial charge in [-0.1, -0.05) is 90.0 Å². The summed E-state index contributed by atoms with van der Waals surface area (Å²) >= 11 is 0. The van der Waals surface area contributed by atoms with Crippen LogP contribution < -0.4 is 0 Å². The largest absolute Gasteiger partial charge is 0.248 e. The van der Waals surface area contributed by atoms with Gasteiger partial charge in [0, 0.05) is 5.56 Å². The van der Waals surface area contributed by atoms with E-state index in [9.17, 15) is 0 Å². The predicted octanol–water partition coefficient (Wildman–Crippen LogP) is 7.52. The maximum absolute atomic E-state index is 5.15. The molecule has 0 spiro atoms. The molecule has 30 heavy (non-hydrogen) atoms. The van der Waals surface area contributed by atoms with Gasteiger partial charge in [-0.05, 0) is 66.7 Å². The molecule has 1 aliphatic carbocycles. The number of aromatic nitrogens is 1. The first-order chi connectivity index (χ1) is 14.7. The number of hydrogen-bond donors (Lipinski definition) is 0. The van der Waals surface area contributed by atoms with Crippen LogP contribution in [0, 0.1) is 13.8 Å². The van der Waals surface area contributed by atoms with Crippen molar-refractivity contribution >= 4 is 11.6 Å². The lowest BCUT2D eigenvalue weighted by Crippen LogP contribution is -1.96. The highest BCUT2D eigenvalue weighted by Gasteiger charge is 2.23. The first kappa shape index (κ1) is 18.6. The highest BCUT2D eigenvalue weighted by atomic mass is 14.7. The van der Waals surface area contributed by atoms with Gasteiger partial charge >= 0.3 is 0 Å². The Kier molecular flexibility index (Phi) is 4.80. The molecular formula is C29H25N. The van der Waals surface area contributed by atoms with Gasteiger partial charge in [0.2, 0.25) is 0 Å². The monoisotopic (exact) mass is 387 g/mol. The van der Waals surface area contributed by atoms with E-state index in [1.54, 1.807) is 0 Å². The number of allylic oxidation sites excluding steroid dienone is 1. The fourth-order valence-electron chi connectivity index (χ4n) is 4.22. The Morgan fingerprint density at radius 3 is 2.07 bits per heavy atom. The Bertz CT molecular complexity index is 1210. The molecule has 1 aliphatic rings. The summed E-state index contributed by atoms with van der Waals surface area (Å²) in [5.74, 6) is 0. The van der Waals surface area contributed by atoms with Crippen LogP contribution in [-0.2, 0) is 6.42 Å². The molecule has 4 aromatic rings. The Balaban J connectivity index is 1.69. The summed E-state index contributed by atoms with van der Waals surface area (Å²) in [7, 11) is 0. The summed E-state index contributed by atoms with van der Waals surface area (Å²) in [6.07, 6.45) is 4.39. The minimum Gasteiger partial charge on any atom is -0.248 e. The van der Waals surface area contributed by atoms with Crippen LogP contribution in [0.4, 0.5) is 0 Å². The smallest absolute Gasteiger partial charge is 0.0715 e. The molecule has 146 valence electrons. The molecular weight excluding hydrogens is 362 g/mol. The summed E-state index contributed by atoms with van der Waals surface area (Å²) in [6.45, 7) is 4.27. The lowest BCUT2D eigenvalue weighted by Gasteiger charge is -2.13. The Hall–Kier alpha value is -3.45. The first-order valence-corrected chi connectivity index (χ1v) is 10.6. The molecule has 0 saturated heterocycles. The second-order valence-corrected chi connectivity index (χ2v) is 8.19. The molecule has 0 amide bonds. The number of aryl methyl sites for hydroxylation is 2. The Labute approximate surface area is 178 Å². The molecule has 0 radical (unpaired) electrons. The third-order valence-electron chi connectivity index (χ3n) is 5.92. The Morgan fingerprint density at radius 1 is 0.700 bits per heavy atom. The molecule has 0 bridgehead atoms. The van der Waals surface area contributed by atoms with E-state index in [1.807, 2.05) is 0 Å². The van der Waals surface area contributed by atoms with Crippen LogP contribution in [0.15, 0.2) is 84.9 Å². The molecule has 1 heterocycles. The van der Waals surface area contributed by atoms with Gasteiger partial charge in [0.1, 0.15) is 0 Å². The van der Waals surface area contributed by atoms with Crippen LogP contribution in [0.25, 0.3) is 34.0 Å². The lowest BCUT2D eigenvalue weighted by atomic mass is 9.96. The van der Waals surface area contributed by atoms with Crippen LogP contribution in [0.5, 0.6) is 0 Å². The lowest BCUT2D eigenvalue weighted by molar-refractivity contribution is 1.08. The molecule has 0 atom stereocenters. The summed E-state index contributed by atoms with van der Waals surface area (Å²) in [5.41, 5.74) is 12.5. The first-order valence-electron chi connectivity index (χ1n) is 10.6. The fraction of sp³-hybridized carbons (Fsp3) is 0.138. The van der Waals surface area contributed by atoms with Crippen LogP contribution in [0.2, 0.25) is 0 Å². The van der Waals surface area contributed by atoms with Gasteiger partial charge < -0.3 is 0 Å². The normalized spacial score (nSPS) is 14.1. The summed E-state index contributed by atoms with van der Waals surface area (Å²) in [6, 6.07) is 30.4. The molecule has 1 nitrogen and oxygen atoms in total. The van der Waals surface area contributed by atoms with Crippen molar-refractivity contribution in [3.8, 4) is 22.4 Å². The van der Waals surface area contributed by atoms with E-state index in [4.69, 9.17) is 4.98 Å².